The van der Waals surface area contributed by atoms with E-state index in [0.29, 0.717) is 5.15 Å². The smallest absolute Gasteiger partial charge is 0.140 e. The van der Waals surface area contributed by atoms with Crippen molar-refractivity contribution in [2.45, 2.75) is 0 Å². The van der Waals surface area contributed by atoms with Crippen LogP contribution in [0.15, 0.2) is 22.8 Å². The Morgan fingerprint density at radius 1 is 1.45 bits per heavy atom. The normalized spacial score (nSPS) is 10.7. The molecule has 2 nitrogen and oxygen atoms in total. The van der Waals surface area contributed by atoms with Crippen molar-refractivity contribution in [3.8, 4) is 0 Å². The molecule has 0 aromatic carbocycles. The van der Waals surface area contributed by atoms with Gasteiger partial charge >= 0.3 is 0 Å². The Morgan fingerprint density at radius 2 is 2.27 bits per heavy atom. The molecule has 0 bridgehead atoms. The highest BCUT2D eigenvalue weighted by molar-refractivity contribution is 9.10. The van der Waals surface area contributed by atoms with E-state index in [0.717, 1.165) is 15.5 Å². The molecule has 2 rings (SSSR count). The summed E-state index contributed by atoms with van der Waals surface area (Å²) in [6.45, 7) is 0. The highest BCUT2D eigenvalue weighted by Gasteiger charge is 2.00. The van der Waals surface area contributed by atoms with E-state index < -0.39 is 0 Å². The number of nitrogens with one attached hydrogen (secondary N) is 1. The van der Waals surface area contributed by atoms with Gasteiger partial charge in [-0.25, -0.2) is 4.98 Å². The summed E-state index contributed by atoms with van der Waals surface area (Å²) in [6.07, 6.45) is 1.84. The van der Waals surface area contributed by atoms with Gasteiger partial charge in [-0.2, -0.15) is 0 Å². The van der Waals surface area contributed by atoms with Gasteiger partial charge in [0.1, 0.15) is 10.8 Å². The van der Waals surface area contributed by atoms with Crippen LogP contribution in [0, 0.1) is 0 Å². The van der Waals surface area contributed by atoms with Crippen molar-refractivity contribution < 1.29 is 0 Å². The Morgan fingerprint density at radius 3 is 3.09 bits per heavy atom. The standard InChI is InChI=1S/C7H4BrClN2/c8-5-3-10-7-4(5)1-2-6(9)11-7/h1-3H,(H,10,11). The second kappa shape index (κ2) is 2.50. The quantitative estimate of drug-likeness (QED) is 0.694. The highest BCUT2D eigenvalue weighted by Crippen LogP contribution is 2.22. The Labute approximate surface area is 76.7 Å². The first kappa shape index (κ1) is 7.13. The van der Waals surface area contributed by atoms with Gasteiger partial charge in [0.15, 0.2) is 0 Å². The van der Waals surface area contributed by atoms with Crippen LogP contribution in [0.4, 0.5) is 0 Å². The molecule has 2 heterocycles. The molecular formula is C7H4BrClN2. The van der Waals surface area contributed by atoms with Crippen LogP contribution in [0.3, 0.4) is 0 Å². The van der Waals surface area contributed by atoms with Crippen molar-refractivity contribution in [2.75, 3.05) is 0 Å². The monoisotopic (exact) mass is 230 g/mol. The lowest BCUT2D eigenvalue weighted by Gasteiger charge is -1.89. The zero-order valence-corrected chi connectivity index (χ0v) is 7.78. The lowest BCUT2D eigenvalue weighted by atomic mass is 10.3. The van der Waals surface area contributed by atoms with Gasteiger partial charge in [0, 0.05) is 16.1 Å². The Hall–Kier alpha value is -0.540. The summed E-state index contributed by atoms with van der Waals surface area (Å²) in [7, 11) is 0. The number of halogens is 2. The molecule has 2 aromatic rings. The largest absolute Gasteiger partial charge is 0.345 e. The molecule has 0 aliphatic heterocycles. The average Bonchev–Trinajstić information content (AvgIpc) is 2.32. The predicted molar refractivity (Wildman–Crippen MR) is 48.8 cm³/mol. The molecule has 0 aliphatic carbocycles. The molecule has 0 unspecified atom stereocenters. The van der Waals surface area contributed by atoms with E-state index in [4.69, 9.17) is 11.6 Å². The summed E-state index contributed by atoms with van der Waals surface area (Å²) in [5.74, 6) is 0. The first-order valence-corrected chi connectivity index (χ1v) is 4.23. The summed E-state index contributed by atoms with van der Waals surface area (Å²) in [5.41, 5.74) is 0.810. The number of aromatic nitrogens is 2. The van der Waals surface area contributed by atoms with Gasteiger partial charge in [-0.15, -0.1) is 0 Å². The molecule has 0 saturated heterocycles. The molecule has 0 fully saturated rings. The molecular weight excluding hydrogens is 227 g/mol. The molecule has 2 aromatic heterocycles. The van der Waals surface area contributed by atoms with Gasteiger partial charge in [-0.1, -0.05) is 11.6 Å². The zero-order chi connectivity index (χ0) is 7.84. The Balaban J connectivity index is 2.86. The summed E-state index contributed by atoms with van der Waals surface area (Å²) in [6, 6.07) is 3.69. The van der Waals surface area contributed by atoms with Crippen LogP contribution < -0.4 is 0 Å². The second-order valence-electron chi connectivity index (χ2n) is 2.17. The Bertz CT molecular complexity index is 396. The van der Waals surface area contributed by atoms with Crippen LogP contribution in [0.5, 0.6) is 0 Å². The molecule has 0 radical (unpaired) electrons. The van der Waals surface area contributed by atoms with Crippen molar-refractivity contribution >= 4 is 38.6 Å². The van der Waals surface area contributed by atoms with Gasteiger partial charge in [-0.05, 0) is 28.1 Å². The van der Waals surface area contributed by atoms with Crippen molar-refractivity contribution in [2.24, 2.45) is 0 Å². The van der Waals surface area contributed by atoms with Gasteiger partial charge in [-0.3, -0.25) is 0 Å². The number of H-pyrrole nitrogens is 1. The van der Waals surface area contributed by atoms with Crippen molar-refractivity contribution in [1.29, 1.82) is 0 Å². The van der Waals surface area contributed by atoms with Crippen molar-refractivity contribution in [3.05, 3.63) is 28.0 Å². The lowest BCUT2D eigenvalue weighted by Crippen LogP contribution is -1.75. The van der Waals surface area contributed by atoms with Gasteiger partial charge in [0.2, 0.25) is 0 Å². The fourth-order valence-electron chi connectivity index (χ4n) is 0.948. The third-order valence-electron chi connectivity index (χ3n) is 1.45. The van der Waals surface area contributed by atoms with E-state index in [1.54, 1.807) is 6.07 Å². The predicted octanol–water partition coefficient (Wildman–Crippen LogP) is 2.98. The average molecular weight is 231 g/mol. The van der Waals surface area contributed by atoms with Gasteiger partial charge in [0.25, 0.3) is 0 Å². The summed E-state index contributed by atoms with van der Waals surface area (Å²) < 4.78 is 1.01. The number of fused-ring (bicyclic) bond motifs is 1. The maximum atomic E-state index is 5.68. The van der Waals surface area contributed by atoms with E-state index in [9.17, 15) is 0 Å². The first-order chi connectivity index (χ1) is 5.27. The summed E-state index contributed by atoms with van der Waals surface area (Å²) in [4.78, 5) is 7.06. The SMILES string of the molecule is Clc1ccc2c(Br)c[nH]c2n1. The van der Waals surface area contributed by atoms with Crippen molar-refractivity contribution in [3.63, 3.8) is 0 Å². The maximum Gasteiger partial charge on any atom is 0.140 e. The van der Waals surface area contributed by atoms with E-state index in [1.165, 1.54) is 0 Å². The topological polar surface area (TPSA) is 28.7 Å². The van der Waals surface area contributed by atoms with Crippen LogP contribution in [0.25, 0.3) is 11.0 Å². The molecule has 0 saturated carbocycles. The molecule has 0 atom stereocenters. The van der Waals surface area contributed by atoms with Crippen LogP contribution in [-0.4, -0.2) is 9.97 Å². The molecule has 56 valence electrons. The van der Waals surface area contributed by atoms with E-state index in [-0.39, 0.29) is 0 Å². The fourth-order valence-corrected chi connectivity index (χ4v) is 1.53. The van der Waals surface area contributed by atoms with Crippen LogP contribution >= 0.6 is 27.5 Å². The van der Waals surface area contributed by atoms with E-state index >= 15 is 0 Å². The third-order valence-corrected chi connectivity index (χ3v) is 2.32. The minimum Gasteiger partial charge on any atom is -0.345 e. The van der Waals surface area contributed by atoms with Crippen LogP contribution in [0.2, 0.25) is 5.15 Å². The molecule has 4 heteroatoms. The second-order valence-corrected chi connectivity index (χ2v) is 3.41. The summed E-state index contributed by atoms with van der Waals surface area (Å²) in [5, 5.41) is 1.56. The Kier molecular flexibility index (Phi) is 1.62. The molecule has 0 amide bonds. The highest BCUT2D eigenvalue weighted by atomic mass is 79.9. The summed E-state index contributed by atoms with van der Waals surface area (Å²) >= 11 is 9.06. The van der Waals surface area contributed by atoms with E-state index in [2.05, 4.69) is 25.9 Å². The van der Waals surface area contributed by atoms with E-state index in [1.807, 2.05) is 12.3 Å². The number of aromatic amines is 1. The molecule has 0 spiro atoms. The number of pyridine rings is 1. The number of hydrogen-bond acceptors (Lipinski definition) is 1. The third kappa shape index (κ3) is 1.14. The van der Waals surface area contributed by atoms with Crippen LogP contribution in [0.1, 0.15) is 0 Å². The maximum absolute atomic E-state index is 5.68. The minimum atomic E-state index is 0.506. The fraction of sp³-hybridized carbons (Fsp3) is 0. The number of hydrogen-bond donors (Lipinski definition) is 1. The number of rotatable bonds is 0. The van der Waals surface area contributed by atoms with Crippen molar-refractivity contribution in [1.82, 2.24) is 9.97 Å². The van der Waals surface area contributed by atoms with Crippen LogP contribution in [-0.2, 0) is 0 Å². The minimum absolute atomic E-state index is 0.506. The van der Waals surface area contributed by atoms with Gasteiger partial charge < -0.3 is 4.98 Å². The zero-order valence-electron chi connectivity index (χ0n) is 5.44. The first-order valence-electron chi connectivity index (χ1n) is 3.06. The lowest BCUT2D eigenvalue weighted by molar-refractivity contribution is 1.32. The molecule has 1 N–H and O–H groups in total. The number of nitrogens with zero attached hydrogens (tertiary/aromatic N) is 1. The molecule has 0 aliphatic rings. The molecule has 11 heavy (non-hydrogen) atoms. The van der Waals surface area contributed by atoms with Gasteiger partial charge in [0.05, 0.1) is 0 Å².